The number of rotatable bonds is 8. The number of carbonyl (C=O) groups is 1. The van der Waals surface area contributed by atoms with Crippen molar-refractivity contribution in [2.24, 2.45) is 0 Å². The van der Waals surface area contributed by atoms with Gasteiger partial charge in [0.05, 0.1) is 0 Å². The van der Waals surface area contributed by atoms with Gasteiger partial charge in [0.2, 0.25) is 0 Å². The quantitative estimate of drug-likeness (QED) is 0.184. The van der Waals surface area contributed by atoms with Gasteiger partial charge < -0.3 is 0 Å². The van der Waals surface area contributed by atoms with Gasteiger partial charge in [0.25, 0.3) is 0 Å². The van der Waals surface area contributed by atoms with E-state index >= 15 is 0 Å². The number of hydrogen-bond acceptors (Lipinski definition) is 10. The molecule has 3 aromatic rings. The van der Waals surface area contributed by atoms with E-state index in [1.165, 1.54) is 6.07 Å². The Balaban J connectivity index is 1.49. The zero-order valence-electron chi connectivity index (χ0n) is 19.7. The van der Waals surface area contributed by atoms with Crippen LogP contribution in [-0.4, -0.2) is 80.2 Å². The van der Waals surface area contributed by atoms with Crippen LogP contribution in [0.1, 0.15) is 5.56 Å². The van der Waals surface area contributed by atoms with E-state index in [0.717, 1.165) is 27.5 Å². The van der Waals surface area contributed by atoms with E-state index in [2.05, 4.69) is 16.4 Å². The first-order valence-corrected chi connectivity index (χ1v) is 13.5. The molecule has 2 aromatic heterocycles. The number of likely N-dealkylation sites (N-methyl/N-ethyl adjacent to an activating group) is 1. The molecule has 1 saturated heterocycles. The molecule has 0 spiro atoms. The van der Waals surface area contributed by atoms with Gasteiger partial charge in [-0.1, -0.05) is 0 Å². The van der Waals surface area contributed by atoms with E-state index in [9.17, 15) is 4.79 Å². The van der Waals surface area contributed by atoms with E-state index in [-0.39, 0.29) is 38.4 Å². The van der Waals surface area contributed by atoms with Crippen molar-refractivity contribution in [2.45, 2.75) is 5.21 Å². The van der Waals surface area contributed by atoms with Crippen molar-refractivity contribution in [3.05, 3.63) is 54.1 Å². The van der Waals surface area contributed by atoms with Crippen LogP contribution >= 0.6 is 0 Å². The van der Waals surface area contributed by atoms with Gasteiger partial charge in [0.15, 0.2) is 0 Å². The van der Waals surface area contributed by atoms with Gasteiger partial charge in [-0.05, 0) is 0 Å². The topological polar surface area (TPSA) is 155 Å². The Morgan fingerprint density at radius 1 is 1.14 bits per heavy atom. The van der Waals surface area contributed by atoms with Crippen LogP contribution in [0, 0.1) is 11.3 Å². The summed E-state index contributed by atoms with van der Waals surface area (Å²) in [5.41, 5.74) is 8.62. The third-order valence-electron chi connectivity index (χ3n) is 5.66. The van der Waals surface area contributed by atoms with Crippen LogP contribution in [0.3, 0.4) is 0 Å². The zero-order valence-corrected chi connectivity index (χ0v) is 21.5. The second-order valence-corrected chi connectivity index (χ2v) is 10.8. The number of hydrogen-bond donors (Lipinski definition) is 4. The predicted molar refractivity (Wildman–Crippen MR) is 138 cm³/mol. The van der Waals surface area contributed by atoms with Crippen LogP contribution < -0.4 is 25.7 Å². The van der Waals surface area contributed by atoms with E-state index in [1.54, 1.807) is 23.1 Å². The summed E-state index contributed by atoms with van der Waals surface area (Å²) < 4.78 is 0.825. The molecular weight excluding hydrogens is 523 g/mol. The van der Waals surface area contributed by atoms with E-state index < -0.39 is 0 Å². The van der Waals surface area contributed by atoms with Crippen LogP contribution in [0.15, 0.2) is 48.5 Å². The van der Waals surface area contributed by atoms with Crippen molar-refractivity contribution < 1.29 is 15.2 Å². The number of piperazine rings is 1. The molecule has 4 rings (SSSR count). The van der Waals surface area contributed by atoms with Gasteiger partial charge in [0, 0.05) is 0 Å². The van der Waals surface area contributed by atoms with Crippen molar-refractivity contribution in [3.63, 3.8) is 0 Å². The molecule has 1 aliphatic rings. The van der Waals surface area contributed by atoms with Crippen LogP contribution in [0.4, 0.5) is 23.0 Å². The number of benzene rings is 1. The number of nitrogens with two attached hydrogens (primary N) is 1. The number of pyridine rings is 2. The Bertz CT molecular complexity index is 1280. The molecule has 36 heavy (non-hydrogen) atoms. The maximum atomic E-state index is 12.8. The number of aromatic nitrogens is 2. The molecule has 1 amide bonds. The van der Waals surface area contributed by atoms with Gasteiger partial charge in [-0.25, -0.2) is 0 Å². The fourth-order valence-electron chi connectivity index (χ4n) is 3.80. The number of nitrogens with zero attached hydrogens (tertiary/aromatic N) is 6. The van der Waals surface area contributed by atoms with Gasteiger partial charge in [0.1, 0.15) is 0 Å². The molecule has 1 fully saturated rings. The SMILES string of the molecule is CN1CCN(c2ccc(NCC[As]c3ccc(N(O)O)c(N)n3)nc2-c2ccc(C#N)cc2)C(=O)C1. The Morgan fingerprint density at radius 3 is 2.58 bits per heavy atom. The van der Waals surface area contributed by atoms with E-state index in [4.69, 9.17) is 26.4 Å². The molecule has 0 atom stereocenters. The normalized spacial score (nSPS) is 14.3. The number of carbonyl (C=O) groups excluding carboxylic acids is 1. The fourth-order valence-corrected chi connectivity index (χ4v) is 5.50. The summed E-state index contributed by atoms with van der Waals surface area (Å²) in [4.78, 5) is 25.6. The summed E-state index contributed by atoms with van der Waals surface area (Å²) in [5.74, 6) is 0.761. The average Bonchev–Trinajstić information content (AvgIpc) is 2.87. The Hall–Kier alpha value is -3.68. The molecule has 11 nitrogen and oxygen atoms in total. The number of nitrogen functional groups attached to an aromatic ring is 1. The predicted octanol–water partition coefficient (Wildman–Crippen LogP) is 1.32. The molecule has 0 bridgehead atoms. The van der Waals surface area contributed by atoms with Gasteiger partial charge >= 0.3 is 216 Å². The van der Waals surface area contributed by atoms with Crippen molar-refractivity contribution >= 4 is 49.2 Å². The molecule has 185 valence electrons. The Labute approximate surface area is 215 Å². The number of amides is 1. The first-order chi connectivity index (χ1) is 17.4. The molecule has 1 aliphatic heterocycles. The number of anilines is 4. The van der Waals surface area contributed by atoms with Gasteiger partial charge in [-0.15, -0.1) is 0 Å². The van der Waals surface area contributed by atoms with E-state index in [0.29, 0.717) is 36.7 Å². The summed E-state index contributed by atoms with van der Waals surface area (Å²) in [5, 5.41) is 31.5. The van der Waals surface area contributed by atoms with Crippen LogP contribution in [0.25, 0.3) is 11.3 Å². The van der Waals surface area contributed by atoms with Crippen molar-refractivity contribution in [1.29, 1.82) is 5.26 Å². The zero-order chi connectivity index (χ0) is 25.7. The molecule has 3 heterocycles. The van der Waals surface area contributed by atoms with Crippen LogP contribution in [0.5, 0.6) is 0 Å². The number of nitriles is 1. The Kier molecular flexibility index (Phi) is 8.03. The minimum atomic E-state index is -0.298. The summed E-state index contributed by atoms with van der Waals surface area (Å²) in [6, 6.07) is 16.3. The van der Waals surface area contributed by atoms with Crippen molar-refractivity contribution in [1.82, 2.24) is 14.9 Å². The molecule has 5 N–H and O–H groups in total. The third-order valence-corrected chi connectivity index (χ3v) is 7.80. The Morgan fingerprint density at radius 2 is 1.92 bits per heavy atom. The molecule has 1 aromatic carbocycles. The summed E-state index contributed by atoms with van der Waals surface area (Å²) in [6.07, 6.45) is 0. The van der Waals surface area contributed by atoms with Crippen LogP contribution in [0.2, 0.25) is 5.21 Å². The number of nitrogens with one attached hydrogen (secondary N) is 1. The average molecular weight is 549 g/mol. The van der Waals surface area contributed by atoms with Crippen molar-refractivity contribution in [2.75, 3.05) is 54.4 Å². The molecule has 0 unspecified atom stereocenters. The third kappa shape index (κ3) is 5.93. The summed E-state index contributed by atoms with van der Waals surface area (Å²) in [6.45, 7) is 2.36. The first-order valence-electron chi connectivity index (χ1n) is 11.2. The van der Waals surface area contributed by atoms with Gasteiger partial charge in [-0.3, -0.25) is 0 Å². The summed E-state index contributed by atoms with van der Waals surface area (Å²) >= 11 is -0.298. The second kappa shape index (κ2) is 11.4. The maximum absolute atomic E-state index is 12.8. The van der Waals surface area contributed by atoms with Gasteiger partial charge in [-0.2, -0.15) is 0 Å². The molecule has 0 saturated carbocycles. The molecule has 0 aliphatic carbocycles. The van der Waals surface area contributed by atoms with E-state index in [1.807, 2.05) is 36.2 Å². The molecule has 1 radical (unpaired) electrons. The monoisotopic (exact) mass is 549 g/mol. The fraction of sp³-hybridized carbons (Fsp3) is 0.250. The minimum absolute atomic E-state index is 0.0218. The standard InChI is InChI=1S/C24H26AsN8O3/c1-31-12-13-32(22(34)15-31)18-7-9-21(30-23(18)17-4-2-16(14-26)3-5-17)28-11-10-25-20-8-6-19(33(35)36)24(27)29-20/h2-9,35-36H,10-13,15H2,1H3,(H2,27,29)(H,28,30). The van der Waals surface area contributed by atoms with Crippen molar-refractivity contribution in [3.8, 4) is 17.3 Å². The van der Waals surface area contributed by atoms with Crippen LogP contribution in [-0.2, 0) is 4.79 Å². The molecular formula is C24H26AsN8O3. The second-order valence-electron chi connectivity index (χ2n) is 8.21. The molecule has 12 heteroatoms. The summed E-state index contributed by atoms with van der Waals surface area (Å²) in [7, 11) is 1.93. The first kappa shape index (κ1) is 25.4.